The molecule has 1 atom stereocenters. The van der Waals surface area contributed by atoms with Crippen LogP contribution in [0.1, 0.15) is 25.2 Å². The Balaban J connectivity index is 2.49. The summed E-state index contributed by atoms with van der Waals surface area (Å²) >= 11 is 0. The third-order valence-corrected chi connectivity index (χ3v) is 1.47. The lowest BCUT2D eigenvalue weighted by atomic mass is 10.2. The van der Waals surface area contributed by atoms with Crippen molar-refractivity contribution >= 4 is 0 Å². The lowest BCUT2D eigenvalue weighted by Crippen LogP contribution is -1.92. The molecule has 0 aliphatic heterocycles. The Labute approximate surface area is 66.2 Å². The van der Waals surface area contributed by atoms with Gasteiger partial charge in [0.25, 0.3) is 0 Å². The first kappa shape index (κ1) is 8.08. The van der Waals surface area contributed by atoms with Crippen LogP contribution in [0.5, 0.6) is 0 Å². The summed E-state index contributed by atoms with van der Waals surface area (Å²) in [7, 11) is 0. The van der Waals surface area contributed by atoms with Gasteiger partial charge in [0.15, 0.2) is 0 Å². The molecule has 0 bridgehead atoms. The van der Waals surface area contributed by atoms with Gasteiger partial charge in [-0.1, -0.05) is 12.2 Å². The highest BCUT2D eigenvalue weighted by atomic mass is 16.4. The van der Waals surface area contributed by atoms with Gasteiger partial charge in [-0.15, -0.1) is 0 Å². The third-order valence-electron chi connectivity index (χ3n) is 1.47. The Bertz CT molecular complexity index is 211. The number of aliphatic hydroxyl groups is 1. The van der Waals surface area contributed by atoms with E-state index in [2.05, 4.69) is 0 Å². The topological polar surface area (TPSA) is 33.4 Å². The summed E-state index contributed by atoms with van der Waals surface area (Å²) in [6.07, 6.45) is 5.50. The lowest BCUT2D eigenvalue weighted by Gasteiger charge is -2.01. The normalized spacial score (nSPS) is 14.0. The molecule has 0 radical (unpaired) electrons. The van der Waals surface area contributed by atoms with Gasteiger partial charge < -0.3 is 9.52 Å². The quantitative estimate of drug-likeness (QED) is 0.674. The molecule has 1 aromatic rings. The Hall–Kier alpha value is -1.02. The molecule has 0 aromatic carbocycles. The largest absolute Gasteiger partial charge is 0.467 e. The van der Waals surface area contributed by atoms with Crippen LogP contribution in [0, 0.1) is 0 Å². The maximum atomic E-state index is 9.40. The van der Waals surface area contributed by atoms with Crippen LogP contribution >= 0.6 is 0 Å². The van der Waals surface area contributed by atoms with Gasteiger partial charge in [-0.2, -0.15) is 0 Å². The Morgan fingerprint density at radius 2 is 2.55 bits per heavy atom. The predicted octanol–water partition coefficient (Wildman–Crippen LogP) is 2.28. The maximum Gasteiger partial charge on any atom is 0.132 e. The zero-order valence-corrected chi connectivity index (χ0v) is 6.53. The van der Waals surface area contributed by atoms with Crippen molar-refractivity contribution in [3.8, 4) is 0 Å². The van der Waals surface area contributed by atoms with Crippen molar-refractivity contribution in [3.05, 3.63) is 36.3 Å². The van der Waals surface area contributed by atoms with Crippen molar-refractivity contribution in [2.45, 2.75) is 19.4 Å². The summed E-state index contributed by atoms with van der Waals surface area (Å²) in [6.45, 7) is 1.93. The van der Waals surface area contributed by atoms with Gasteiger partial charge in [0.1, 0.15) is 11.9 Å². The minimum atomic E-state index is -0.499. The number of rotatable bonds is 3. The molecule has 1 aromatic heterocycles. The van der Waals surface area contributed by atoms with Crippen LogP contribution in [0.15, 0.2) is 35.0 Å². The smallest absolute Gasteiger partial charge is 0.132 e. The highest BCUT2D eigenvalue weighted by molar-refractivity contribution is 5.03. The number of furan rings is 1. The summed E-state index contributed by atoms with van der Waals surface area (Å²) in [5, 5.41) is 9.40. The SMILES string of the molecule is C/C=C\CC(O)c1ccco1. The van der Waals surface area contributed by atoms with Crippen molar-refractivity contribution < 1.29 is 9.52 Å². The second kappa shape index (κ2) is 3.98. The second-order valence-electron chi connectivity index (χ2n) is 2.34. The van der Waals surface area contributed by atoms with Crippen LogP contribution in [-0.2, 0) is 0 Å². The summed E-state index contributed by atoms with van der Waals surface area (Å²) in [5.41, 5.74) is 0. The van der Waals surface area contributed by atoms with Crippen molar-refractivity contribution in [2.24, 2.45) is 0 Å². The van der Waals surface area contributed by atoms with Crippen LogP contribution in [-0.4, -0.2) is 5.11 Å². The lowest BCUT2D eigenvalue weighted by molar-refractivity contribution is 0.153. The van der Waals surface area contributed by atoms with Gasteiger partial charge in [-0.05, 0) is 25.5 Å². The summed E-state index contributed by atoms with van der Waals surface area (Å²) in [5.74, 6) is 0.628. The zero-order chi connectivity index (χ0) is 8.10. The molecular weight excluding hydrogens is 140 g/mol. The number of hydrogen-bond donors (Lipinski definition) is 1. The van der Waals surface area contributed by atoms with E-state index in [-0.39, 0.29) is 0 Å². The van der Waals surface area contributed by atoms with Gasteiger partial charge in [0.05, 0.1) is 6.26 Å². The van der Waals surface area contributed by atoms with Crippen molar-refractivity contribution in [2.75, 3.05) is 0 Å². The monoisotopic (exact) mass is 152 g/mol. The fourth-order valence-electron chi connectivity index (χ4n) is 0.862. The molecule has 2 nitrogen and oxygen atoms in total. The Kier molecular flexibility index (Phi) is 2.93. The average molecular weight is 152 g/mol. The van der Waals surface area contributed by atoms with E-state index < -0.39 is 6.10 Å². The fourth-order valence-corrected chi connectivity index (χ4v) is 0.862. The number of aliphatic hydroxyl groups excluding tert-OH is 1. The van der Waals surface area contributed by atoms with E-state index >= 15 is 0 Å². The second-order valence-corrected chi connectivity index (χ2v) is 2.34. The van der Waals surface area contributed by atoms with Gasteiger partial charge in [-0.3, -0.25) is 0 Å². The van der Waals surface area contributed by atoms with Crippen molar-refractivity contribution in [1.29, 1.82) is 0 Å². The number of allylic oxidation sites excluding steroid dienone is 1. The minimum Gasteiger partial charge on any atom is -0.467 e. The van der Waals surface area contributed by atoms with Crippen LogP contribution in [0.2, 0.25) is 0 Å². The molecule has 0 amide bonds. The van der Waals surface area contributed by atoms with Crippen molar-refractivity contribution in [1.82, 2.24) is 0 Å². The Morgan fingerprint density at radius 1 is 1.73 bits per heavy atom. The highest BCUT2D eigenvalue weighted by Crippen LogP contribution is 2.16. The van der Waals surface area contributed by atoms with Crippen LogP contribution < -0.4 is 0 Å². The molecule has 1 heterocycles. The molecule has 0 aliphatic carbocycles. The highest BCUT2D eigenvalue weighted by Gasteiger charge is 2.06. The molecule has 0 aliphatic rings. The van der Waals surface area contributed by atoms with Gasteiger partial charge in [-0.25, -0.2) is 0 Å². The van der Waals surface area contributed by atoms with Crippen LogP contribution in [0.3, 0.4) is 0 Å². The minimum absolute atomic E-state index is 0.499. The fraction of sp³-hybridized carbons (Fsp3) is 0.333. The molecule has 0 fully saturated rings. The summed E-state index contributed by atoms with van der Waals surface area (Å²) in [6, 6.07) is 3.54. The first-order valence-electron chi connectivity index (χ1n) is 3.67. The molecule has 60 valence electrons. The molecule has 0 spiro atoms. The third kappa shape index (κ3) is 2.24. The van der Waals surface area contributed by atoms with E-state index in [0.29, 0.717) is 12.2 Å². The predicted molar refractivity (Wildman–Crippen MR) is 43.1 cm³/mol. The standard InChI is InChI=1S/C9H12O2/c1-2-3-5-8(10)9-6-4-7-11-9/h2-4,6-8,10H,5H2,1H3/b3-2-. The van der Waals surface area contributed by atoms with E-state index in [9.17, 15) is 5.11 Å². The number of hydrogen-bond acceptors (Lipinski definition) is 2. The molecule has 1 unspecified atom stereocenters. The van der Waals surface area contributed by atoms with E-state index in [4.69, 9.17) is 4.42 Å². The van der Waals surface area contributed by atoms with Crippen molar-refractivity contribution in [3.63, 3.8) is 0 Å². The first-order valence-corrected chi connectivity index (χ1v) is 3.67. The molecule has 11 heavy (non-hydrogen) atoms. The molecule has 1 rings (SSSR count). The van der Waals surface area contributed by atoms with Gasteiger partial charge in [0.2, 0.25) is 0 Å². The average Bonchev–Trinajstić information content (AvgIpc) is 2.52. The van der Waals surface area contributed by atoms with E-state index in [1.807, 2.05) is 19.1 Å². The van der Waals surface area contributed by atoms with Crippen LogP contribution in [0.25, 0.3) is 0 Å². The van der Waals surface area contributed by atoms with Gasteiger partial charge in [0, 0.05) is 0 Å². The maximum absolute atomic E-state index is 9.40. The Morgan fingerprint density at radius 3 is 3.09 bits per heavy atom. The molecular formula is C9H12O2. The van der Waals surface area contributed by atoms with Crippen LogP contribution in [0.4, 0.5) is 0 Å². The summed E-state index contributed by atoms with van der Waals surface area (Å²) in [4.78, 5) is 0. The van der Waals surface area contributed by atoms with Gasteiger partial charge >= 0.3 is 0 Å². The first-order chi connectivity index (χ1) is 5.34. The molecule has 1 N–H and O–H groups in total. The van der Waals surface area contributed by atoms with E-state index in [0.717, 1.165) is 0 Å². The van der Waals surface area contributed by atoms with E-state index in [1.54, 1.807) is 18.4 Å². The summed E-state index contributed by atoms with van der Waals surface area (Å²) < 4.78 is 5.01. The molecule has 0 saturated carbocycles. The zero-order valence-electron chi connectivity index (χ0n) is 6.53. The van der Waals surface area contributed by atoms with E-state index in [1.165, 1.54) is 0 Å². The molecule has 0 saturated heterocycles. The molecule has 2 heteroatoms.